The van der Waals surface area contributed by atoms with Gasteiger partial charge in [0.15, 0.2) is 0 Å². The summed E-state index contributed by atoms with van der Waals surface area (Å²) in [6.45, 7) is 1.76. The molecule has 1 saturated carbocycles. The summed E-state index contributed by atoms with van der Waals surface area (Å²) in [4.78, 5) is 43.3. The largest absolute Gasteiger partial charge is 0.339 e. The average Bonchev–Trinajstić information content (AvgIpc) is 3.65. The van der Waals surface area contributed by atoms with Crippen LogP contribution in [0, 0.1) is 11.7 Å². The minimum absolute atomic E-state index is 0.0335. The number of hydrogen-bond acceptors (Lipinski definition) is 3. The van der Waals surface area contributed by atoms with Gasteiger partial charge in [-0.1, -0.05) is 24.3 Å². The van der Waals surface area contributed by atoms with Crippen molar-refractivity contribution in [1.29, 1.82) is 0 Å². The number of nitrogens with zero attached hydrogens (tertiary/aromatic N) is 3. The van der Waals surface area contributed by atoms with Gasteiger partial charge in [-0.25, -0.2) is 4.39 Å². The van der Waals surface area contributed by atoms with Crippen molar-refractivity contribution in [3.8, 4) is 0 Å². The molecule has 0 bridgehead atoms. The van der Waals surface area contributed by atoms with Gasteiger partial charge in [-0.15, -0.1) is 0 Å². The number of para-hydroxylation sites is 1. The van der Waals surface area contributed by atoms with Crippen molar-refractivity contribution >= 4 is 23.4 Å². The molecule has 3 amide bonds. The predicted octanol–water partition coefficient (Wildman–Crippen LogP) is 2.73. The summed E-state index contributed by atoms with van der Waals surface area (Å²) in [6.07, 6.45) is 2.03. The number of rotatable bonds is 5. The first-order valence-electron chi connectivity index (χ1n) is 10.6. The summed E-state index contributed by atoms with van der Waals surface area (Å²) in [7, 11) is 1.72. The van der Waals surface area contributed by atoms with Crippen molar-refractivity contribution in [1.82, 2.24) is 9.80 Å². The van der Waals surface area contributed by atoms with Gasteiger partial charge in [0, 0.05) is 39.1 Å². The van der Waals surface area contributed by atoms with Crippen LogP contribution in [0.25, 0.3) is 0 Å². The summed E-state index contributed by atoms with van der Waals surface area (Å²) >= 11 is 0. The van der Waals surface area contributed by atoms with E-state index in [1.54, 1.807) is 52.1 Å². The lowest BCUT2D eigenvalue weighted by Crippen LogP contribution is -2.51. The average molecular weight is 423 g/mol. The molecule has 0 unspecified atom stereocenters. The summed E-state index contributed by atoms with van der Waals surface area (Å²) in [5, 5.41) is 0. The Labute approximate surface area is 181 Å². The first-order chi connectivity index (χ1) is 14.9. The maximum absolute atomic E-state index is 13.2. The molecule has 0 aromatic heterocycles. The standard InChI is InChI=1S/C24H26FN3O3/c1-26(23(30)18-8-9-18)21-5-3-2-4-20(21)24(31)28-14-12-27(13-15-28)22(29)16-17-6-10-19(25)11-7-17/h2-7,10-11,18H,8-9,12-16H2,1H3. The number of benzene rings is 2. The van der Waals surface area contributed by atoms with E-state index in [0.717, 1.165) is 18.4 Å². The van der Waals surface area contributed by atoms with Crippen LogP contribution in [0.5, 0.6) is 0 Å². The van der Waals surface area contributed by atoms with E-state index in [2.05, 4.69) is 0 Å². The molecule has 1 aliphatic carbocycles. The van der Waals surface area contributed by atoms with Gasteiger partial charge in [-0.05, 0) is 42.7 Å². The lowest BCUT2D eigenvalue weighted by Gasteiger charge is -2.35. The second-order valence-electron chi connectivity index (χ2n) is 8.16. The Hall–Kier alpha value is -3.22. The summed E-state index contributed by atoms with van der Waals surface area (Å²) < 4.78 is 13.0. The van der Waals surface area contributed by atoms with Gasteiger partial charge < -0.3 is 14.7 Å². The normalized spacial score (nSPS) is 16.2. The Kier molecular flexibility index (Phi) is 6.02. The Morgan fingerprint density at radius 3 is 2.19 bits per heavy atom. The van der Waals surface area contributed by atoms with E-state index in [0.29, 0.717) is 37.4 Å². The number of amides is 3. The smallest absolute Gasteiger partial charge is 0.256 e. The summed E-state index contributed by atoms with van der Waals surface area (Å²) in [5.74, 6) is -0.362. The lowest BCUT2D eigenvalue weighted by atomic mass is 10.1. The fraction of sp³-hybridized carbons (Fsp3) is 0.375. The molecular weight excluding hydrogens is 397 g/mol. The molecule has 0 N–H and O–H groups in total. The molecule has 0 spiro atoms. The van der Waals surface area contributed by atoms with E-state index in [1.807, 2.05) is 6.07 Å². The molecule has 7 heteroatoms. The Bertz CT molecular complexity index is 980. The minimum atomic E-state index is -0.326. The molecule has 1 saturated heterocycles. The van der Waals surface area contributed by atoms with Crippen molar-refractivity contribution in [2.24, 2.45) is 5.92 Å². The Morgan fingerprint density at radius 2 is 1.55 bits per heavy atom. The van der Waals surface area contributed by atoms with E-state index >= 15 is 0 Å². The zero-order valence-electron chi connectivity index (χ0n) is 17.6. The molecule has 1 aliphatic heterocycles. The van der Waals surface area contributed by atoms with Gasteiger partial charge in [0.1, 0.15) is 5.82 Å². The highest BCUT2D eigenvalue weighted by molar-refractivity contribution is 6.05. The number of halogens is 1. The fourth-order valence-electron chi connectivity index (χ4n) is 3.89. The van der Waals surface area contributed by atoms with Crippen LogP contribution in [-0.4, -0.2) is 60.7 Å². The second-order valence-corrected chi connectivity index (χ2v) is 8.16. The zero-order chi connectivity index (χ0) is 22.0. The third kappa shape index (κ3) is 4.76. The highest BCUT2D eigenvalue weighted by atomic mass is 19.1. The maximum Gasteiger partial charge on any atom is 0.256 e. The molecule has 1 heterocycles. The summed E-state index contributed by atoms with van der Waals surface area (Å²) in [5.41, 5.74) is 1.89. The van der Waals surface area contributed by atoms with Crippen molar-refractivity contribution in [3.63, 3.8) is 0 Å². The molecule has 162 valence electrons. The number of piperazine rings is 1. The van der Waals surface area contributed by atoms with Crippen LogP contribution in [0.1, 0.15) is 28.8 Å². The highest BCUT2D eigenvalue weighted by Gasteiger charge is 2.34. The van der Waals surface area contributed by atoms with Gasteiger partial charge in [0.2, 0.25) is 11.8 Å². The zero-order valence-corrected chi connectivity index (χ0v) is 17.6. The van der Waals surface area contributed by atoms with Gasteiger partial charge in [-0.3, -0.25) is 14.4 Å². The van der Waals surface area contributed by atoms with E-state index in [4.69, 9.17) is 0 Å². The van der Waals surface area contributed by atoms with Gasteiger partial charge in [0.05, 0.1) is 17.7 Å². The molecule has 0 radical (unpaired) electrons. The first-order valence-corrected chi connectivity index (χ1v) is 10.6. The predicted molar refractivity (Wildman–Crippen MR) is 115 cm³/mol. The molecule has 0 atom stereocenters. The quantitative estimate of drug-likeness (QED) is 0.743. The van der Waals surface area contributed by atoms with Gasteiger partial charge in [-0.2, -0.15) is 0 Å². The molecule has 2 fully saturated rings. The number of carbonyl (C=O) groups is 3. The van der Waals surface area contributed by atoms with E-state index < -0.39 is 0 Å². The Morgan fingerprint density at radius 1 is 0.935 bits per heavy atom. The molecule has 6 nitrogen and oxygen atoms in total. The molecule has 2 aromatic rings. The van der Waals surface area contributed by atoms with Crippen LogP contribution in [0.3, 0.4) is 0 Å². The topological polar surface area (TPSA) is 60.9 Å². The molecular formula is C24H26FN3O3. The van der Waals surface area contributed by atoms with Crippen molar-refractivity contribution in [2.75, 3.05) is 38.1 Å². The van der Waals surface area contributed by atoms with Crippen LogP contribution >= 0.6 is 0 Å². The van der Waals surface area contributed by atoms with Crippen LogP contribution in [0.2, 0.25) is 0 Å². The van der Waals surface area contributed by atoms with E-state index in [9.17, 15) is 18.8 Å². The lowest BCUT2D eigenvalue weighted by molar-refractivity contribution is -0.132. The Balaban J connectivity index is 1.38. The third-order valence-electron chi connectivity index (χ3n) is 5.94. The summed E-state index contributed by atoms with van der Waals surface area (Å²) in [6, 6.07) is 13.1. The van der Waals surface area contributed by atoms with Crippen LogP contribution in [-0.2, 0) is 16.0 Å². The van der Waals surface area contributed by atoms with E-state index in [-0.39, 0.29) is 35.9 Å². The SMILES string of the molecule is CN(C(=O)C1CC1)c1ccccc1C(=O)N1CCN(C(=O)Cc2ccc(F)cc2)CC1. The van der Waals surface area contributed by atoms with Crippen molar-refractivity contribution < 1.29 is 18.8 Å². The second kappa shape index (κ2) is 8.88. The van der Waals surface area contributed by atoms with Crippen LogP contribution < -0.4 is 4.90 Å². The minimum Gasteiger partial charge on any atom is -0.339 e. The molecule has 2 aliphatic rings. The monoisotopic (exact) mass is 423 g/mol. The van der Waals surface area contributed by atoms with Crippen LogP contribution in [0.15, 0.2) is 48.5 Å². The van der Waals surface area contributed by atoms with Crippen LogP contribution in [0.4, 0.5) is 10.1 Å². The molecule has 4 rings (SSSR count). The van der Waals surface area contributed by atoms with Gasteiger partial charge >= 0.3 is 0 Å². The molecule has 2 aromatic carbocycles. The van der Waals surface area contributed by atoms with E-state index in [1.165, 1.54) is 12.1 Å². The highest BCUT2D eigenvalue weighted by Crippen LogP contribution is 2.33. The molecule has 31 heavy (non-hydrogen) atoms. The van der Waals surface area contributed by atoms with Crippen molar-refractivity contribution in [2.45, 2.75) is 19.3 Å². The number of carbonyl (C=O) groups excluding carboxylic acids is 3. The maximum atomic E-state index is 13.2. The number of hydrogen-bond donors (Lipinski definition) is 0. The first kappa shape index (κ1) is 21.0. The fourth-order valence-corrected chi connectivity index (χ4v) is 3.89. The third-order valence-corrected chi connectivity index (χ3v) is 5.94. The number of anilines is 1. The van der Waals surface area contributed by atoms with Gasteiger partial charge in [0.25, 0.3) is 5.91 Å². The van der Waals surface area contributed by atoms with Crippen molar-refractivity contribution in [3.05, 3.63) is 65.5 Å².